The maximum atomic E-state index is 12.9. The Bertz CT molecular complexity index is 846. The molecule has 0 atom stereocenters. The largest absolute Gasteiger partial charge is 0.369 e. The van der Waals surface area contributed by atoms with Crippen molar-refractivity contribution in [2.45, 2.75) is 18.6 Å². The van der Waals surface area contributed by atoms with Gasteiger partial charge in [0.05, 0.1) is 5.75 Å². The quantitative estimate of drug-likeness (QED) is 0.686. The number of rotatable bonds is 8. The van der Waals surface area contributed by atoms with Crippen LogP contribution < -0.4 is 9.62 Å². The molecule has 0 amide bonds. The van der Waals surface area contributed by atoms with Gasteiger partial charge in [0, 0.05) is 38.4 Å². The zero-order chi connectivity index (χ0) is 20.0. The van der Waals surface area contributed by atoms with Crippen LogP contribution in [0.5, 0.6) is 0 Å². The van der Waals surface area contributed by atoms with Crippen LogP contribution in [0.4, 0.5) is 10.1 Å². The molecule has 1 saturated heterocycles. The molecule has 0 aliphatic carbocycles. The van der Waals surface area contributed by atoms with Gasteiger partial charge in [-0.3, -0.25) is 0 Å². The molecule has 152 valence electrons. The SMILES string of the molecule is CN1CCN(c2ccc(CCCNS(=O)(=O)Cc3ccc(F)cc3)cc2)CC1. The average molecular weight is 406 g/mol. The zero-order valence-corrected chi connectivity index (χ0v) is 17.1. The van der Waals surface area contributed by atoms with E-state index in [1.54, 1.807) is 0 Å². The number of hydrogen-bond donors (Lipinski definition) is 1. The molecular weight excluding hydrogens is 377 g/mol. The van der Waals surface area contributed by atoms with Crippen molar-refractivity contribution in [1.29, 1.82) is 0 Å². The lowest BCUT2D eigenvalue weighted by molar-refractivity contribution is 0.313. The third-order valence-electron chi connectivity index (χ3n) is 5.04. The topological polar surface area (TPSA) is 52.6 Å². The Morgan fingerprint density at radius 3 is 2.18 bits per heavy atom. The smallest absolute Gasteiger partial charge is 0.215 e. The number of benzene rings is 2. The second-order valence-electron chi connectivity index (χ2n) is 7.34. The number of anilines is 1. The first-order valence-electron chi connectivity index (χ1n) is 9.65. The van der Waals surface area contributed by atoms with E-state index < -0.39 is 10.0 Å². The highest BCUT2D eigenvalue weighted by molar-refractivity contribution is 7.88. The van der Waals surface area contributed by atoms with Crippen LogP contribution in [0.3, 0.4) is 0 Å². The Labute approximate surface area is 167 Å². The van der Waals surface area contributed by atoms with Crippen molar-refractivity contribution in [3.05, 3.63) is 65.5 Å². The lowest BCUT2D eigenvalue weighted by atomic mass is 10.1. The Morgan fingerprint density at radius 1 is 0.929 bits per heavy atom. The van der Waals surface area contributed by atoms with Gasteiger partial charge in [-0.05, 0) is 55.3 Å². The average Bonchev–Trinajstić information content (AvgIpc) is 2.68. The summed E-state index contributed by atoms with van der Waals surface area (Å²) in [6, 6.07) is 14.1. The highest BCUT2D eigenvalue weighted by Crippen LogP contribution is 2.17. The molecule has 7 heteroatoms. The van der Waals surface area contributed by atoms with Gasteiger partial charge in [-0.2, -0.15) is 0 Å². The Balaban J connectivity index is 1.41. The van der Waals surface area contributed by atoms with Gasteiger partial charge >= 0.3 is 0 Å². The van der Waals surface area contributed by atoms with Crippen LogP contribution in [-0.2, 0) is 22.2 Å². The zero-order valence-electron chi connectivity index (χ0n) is 16.3. The summed E-state index contributed by atoms with van der Waals surface area (Å²) in [4.78, 5) is 4.73. The van der Waals surface area contributed by atoms with E-state index in [2.05, 4.69) is 45.8 Å². The molecule has 0 saturated carbocycles. The lowest BCUT2D eigenvalue weighted by Gasteiger charge is -2.34. The molecule has 1 aliphatic rings. The van der Waals surface area contributed by atoms with Crippen molar-refractivity contribution in [3.8, 4) is 0 Å². The van der Waals surface area contributed by atoms with E-state index in [0.717, 1.165) is 39.0 Å². The van der Waals surface area contributed by atoms with E-state index in [9.17, 15) is 12.8 Å². The second-order valence-corrected chi connectivity index (χ2v) is 9.15. The highest BCUT2D eigenvalue weighted by Gasteiger charge is 2.14. The number of nitrogens with one attached hydrogen (secondary N) is 1. The fraction of sp³-hybridized carbons (Fsp3) is 0.429. The summed E-state index contributed by atoms with van der Waals surface area (Å²) in [7, 11) is -1.26. The van der Waals surface area contributed by atoms with Crippen molar-refractivity contribution in [1.82, 2.24) is 9.62 Å². The van der Waals surface area contributed by atoms with Crippen LogP contribution >= 0.6 is 0 Å². The van der Waals surface area contributed by atoms with Crippen LogP contribution in [0.1, 0.15) is 17.5 Å². The second kappa shape index (κ2) is 9.49. The predicted octanol–water partition coefficient (Wildman–Crippen LogP) is 2.63. The van der Waals surface area contributed by atoms with Crippen LogP contribution in [0.15, 0.2) is 48.5 Å². The van der Waals surface area contributed by atoms with E-state index in [1.807, 2.05) is 0 Å². The Morgan fingerprint density at radius 2 is 1.54 bits per heavy atom. The molecule has 0 radical (unpaired) electrons. The first kappa shape index (κ1) is 20.8. The molecule has 28 heavy (non-hydrogen) atoms. The first-order chi connectivity index (χ1) is 13.4. The minimum Gasteiger partial charge on any atom is -0.369 e. The van der Waals surface area contributed by atoms with Crippen LogP contribution in [0.2, 0.25) is 0 Å². The van der Waals surface area contributed by atoms with Crippen molar-refractivity contribution < 1.29 is 12.8 Å². The number of aryl methyl sites for hydroxylation is 1. The lowest BCUT2D eigenvalue weighted by Crippen LogP contribution is -2.44. The molecule has 0 aromatic heterocycles. The molecule has 5 nitrogen and oxygen atoms in total. The van der Waals surface area contributed by atoms with E-state index in [4.69, 9.17) is 0 Å². The number of hydrogen-bond acceptors (Lipinski definition) is 4. The summed E-state index contributed by atoms with van der Waals surface area (Å²) in [5.74, 6) is -0.500. The molecule has 2 aromatic carbocycles. The van der Waals surface area contributed by atoms with E-state index in [0.29, 0.717) is 12.1 Å². The third-order valence-corrected chi connectivity index (χ3v) is 6.40. The van der Waals surface area contributed by atoms with Gasteiger partial charge in [-0.1, -0.05) is 24.3 Å². The van der Waals surface area contributed by atoms with Crippen LogP contribution in [0, 0.1) is 5.82 Å². The molecule has 3 rings (SSSR count). The fourth-order valence-electron chi connectivity index (χ4n) is 3.31. The minimum atomic E-state index is -3.41. The summed E-state index contributed by atoms with van der Waals surface area (Å²) in [5.41, 5.74) is 3.03. The molecular formula is C21H28FN3O2S. The van der Waals surface area contributed by atoms with E-state index >= 15 is 0 Å². The molecule has 0 bridgehead atoms. The standard InChI is InChI=1S/C21H28FN3O2S/c1-24-13-15-25(16-14-24)21-10-6-18(7-11-21)3-2-12-23-28(26,27)17-19-4-8-20(22)9-5-19/h4-11,23H,2-3,12-17H2,1H3. The fourth-order valence-corrected chi connectivity index (χ4v) is 4.50. The number of halogens is 1. The predicted molar refractivity (Wildman–Crippen MR) is 111 cm³/mol. The van der Waals surface area contributed by atoms with E-state index in [-0.39, 0.29) is 11.6 Å². The number of piperazine rings is 1. The van der Waals surface area contributed by atoms with Crippen molar-refractivity contribution in [2.75, 3.05) is 44.7 Å². The third kappa shape index (κ3) is 6.29. The van der Waals surface area contributed by atoms with Gasteiger partial charge in [0.2, 0.25) is 10.0 Å². The van der Waals surface area contributed by atoms with E-state index in [1.165, 1.54) is 35.5 Å². The maximum Gasteiger partial charge on any atom is 0.215 e. The molecule has 1 aliphatic heterocycles. The van der Waals surface area contributed by atoms with Gasteiger partial charge in [0.25, 0.3) is 0 Å². The normalized spacial score (nSPS) is 15.7. The van der Waals surface area contributed by atoms with Crippen LogP contribution in [-0.4, -0.2) is 53.1 Å². The molecule has 0 unspecified atom stereocenters. The van der Waals surface area contributed by atoms with Gasteiger partial charge < -0.3 is 9.80 Å². The molecule has 0 spiro atoms. The molecule has 2 aromatic rings. The Kier molecular flexibility index (Phi) is 7.04. The summed E-state index contributed by atoms with van der Waals surface area (Å²) >= 11 is 0. The van der Waals surface area contributed by atoms with Crippen molar-refractivity contribution >= 4 is 15.7 Å². The summed E-state index contributed by atoms with van der Waals surface area (Å²) in [6.07, 6.45) is 1.55. The molecule has 1 heterocycles. The number of sulfonamides is 1. The Hall–Kier alpha value is -1.96. The van der Waals surface area contributed by atoms with Gasteiger partial charge in [-0.25, -0.2) is 17.5 Å². The van der Waals surface area contributed by atoms with Gasteiger partial charge in [0.1, 0.15) is 5.82 Å². The summed E-state index contributed by atoms with van der Waals surface area (Å²) < 4.78 is 39.8. The highest BCUT2D eigenvalue weighted by atomic mass is 32.2. The minimum absolute atomic E-state index is 0.132. The monoisotopic (exact) mass is 405 g/mol. The summed E-state index contributed by atoms with van der Waals surface area (Å²) in [6.45, 7) is 4.65. The summed E-state index contributed by atoms with van der Waals surface area (Å²) in [5, 5.41) is 0. The first-order valence-corrected chi connectivity index (χ1v) is 11.3. The van der Waals surface area contributed by atoms with Gasteiger partial charge in [0.15, 0.2) is 0 Å². The van der Waals surface area contributed by atoms with Gasteiger partial charge in [-0.15, -0.1) is 0 Å². The van der Waals surface area contributed by atoms with Crippen LogP contribution in [0.25, 0.3) is 0 Å². The molecule has 1 fully saturated rings. The maximum absolute atomic E-state index is 12.9. The number of likely N-dealkylation sites (N-methyl/N-ethyl adjacent to an activating group) is 1. The molecule has 1 N–H and O–H groups in total. The van der Waals surface area contributed by atoms with Crippen molar-refractivity contribution in [3.63, 3.8) is 0 Å². The van der Waals surface area contributed by atoms with Crippen molar-refractivity contribution in [2.24, 2.45) is 0 Å². The number of nitrogens with zero attached hydrogens (tertiary/aromatic N) is 2.